The second-order valence-corrected chi connectivity index (χ2v) is 5.12. The number of nitrogens with zero attached hydrogens (tertiary/aromatic N) is 3. The van der Waals surface area contributed by atoms with Gasteiger partial charge in [0.25, 0.3) is 0 Å². The van der Waals surface area contributed by atoms with E-state index in [0.717, 1.165) is 25.2 Å². The van der Waals surface area contributed by atoms with Crippen molar-refractivity contribution in [2.45, 2.75) is 13.3 Å². The van der Waals surface area contributed by atoms with E-state index in [4.69, 9.17) is 23.2 Å². The maximum atomic E-state index is 6.14. The summed E-state index contributed by atoms with van der Waals surface area (Å²) in [6.45, 7) is 3.46. The molecule has 0 aromatic carbocycles. The fraction of sp³-hybridized carbons (Fsp3) is 0.385. The molecule has 2 aromatic heterocycles. The van der Waals surface area contributed by atoms with Crippen LogP contribution in [-0.2, 0) is 13.5 Å². The zero-order valence-corrected chi connectivity index (χ0v) is 13.0. The SMILES string of the molecule is CCNc1nc(NCCc2ccnn2C)c(Cl)cc1Cl. The van der Waals surface area contributed by atoms with Gasteiger partial charge < -0.3 is 10.6 Å². The standard InChI is InChI=1S/C13H17Cl2N5/c1-3-16-12-10(14)8-11(15)13(19-12)17-6-4-9-5-7-18-20(9)2/h5,7-8H,3-4,6H2,1-2H3,(H2,16,17,19). The minimum atomic E-state index is 0.515. The van der Waals surface area contributed by atoms with Gasteiger partial charge >= 0.3 is 0 Å². The number of anilines is 2. The van der Waals surface area contributed by atoms with Crippen molar-refractivity contribution in [3.63, 3.8) is 0 Å². The zero-order valence-electron chi connectivity index (χ0n) is 11.5. The smallest absolute Gasteiger partial charge is 0.147 e. The lowest BCUT2D eigenvalue weighted by atomic mass is 10.3. The molecule has 0 radical (unpaired) electrons. The molecule has 0 atom stereocenters. The molecular formula is C13H17Cl2N5. The molecule has 2 rings (SSSR count). The molecule has 0 fully saturated rings. The Labute approximate surface area is 128 Å². The molecule has 2 N–H and O–H groups in total. The topological polar surface area (TPSA) is 54.8 Å². The van der Waals surface area contributed by atoms with Crippen LogP contribution in [0.4, 0.5) is 11.6 Å². The van der Waals surface area contributed by atoms with Crippen LogP contribution in [0.1, 0.15) is 12.6 Å². The Balaban J connectivity index is 2.02. The van der Waals surface area contributed by atoms with Crippen molar-refractivity contribution in [3.8, 4) is 0 Å². The lowest BCUT2D eigenvalue weighted by Gasteiger charge is -2.11. The van der Waals surface area contributed by atoms with Crippen LogP contribution in [0.2, 0.25) is 10.0 Å². The van der Waals surface area contributed by atoms with Crippen LogP contribution < -0.4 is 10.6 Å². The number of aryl methyl sites for hydroxylation is 1. The summed E-state index contributed by atoms with van der Waals surface area (Å²) in [6.07, 6.45) is 2.62. The van der Waals surface area contributed by atoms with Crippen molar-refractivity contribution >= 4 is 34.8 Å². The Morgan fingerprint density at radius 3 is 2.50 bits per heavy atom. The average Bonchev–Trinajstić information content (AvgIpc) is 2.81. The maximum Gasteiger partial charge on any atom is 0.147 e. The molecule has 2 heterocycles. The van der Waals surface area contributed by atoms with E-state index in [9.17, 15) is 0 Å². The zero-order chi connectivity index (χ0) is 14.5. The average molecular weight is 314 g/mol. The number of pyridine rings is 1. The highest BCUT2D eigenvalue weighted by Gasteiger charge is 2.08. The molecule has 2 aromatic rings. The summed E-state index contributed by atoms with van der Waals surface area (Å²) >= 11 is 12.2. The maximum absolute atomic E-state index is 6.14. The normalized spacial score (nSPS) is 10.6. The minimum absolute atomic E-state index is 0.515. The third-order valence-corrected chi connectivity index (χ3v) is 3.45. The van der Waals surface area contributed by atoms with E-state index in [-0.39, 0.29) is 0 Å². The quantitative estimate of drug-likeness (QED) is 0.860. The summed E-state index contributed by atoms with van der Waals surface area (Å²) in [5.41, 5.74) is 1.15. The van der Waals surface area contributed by atoms with Crippen LogP contribution in [0.3, 0.4) is 0 Å². The Hall–Kier alpha value is -1.46. The van der Waals surface area contributed by atoms with Crippen molar-refractivity contribution < 1.29 is 0 Å². The second kappa shape index (κ2) is 6.81. The first-order valence-corrected chi connectivity index (χ1v) is 7.18. The van der Waals surface area contributed by atoms with Crippen molar-refractivity contribution in [2.75, 3.05) is 23.7 Å². The first-order valence-electron chi connectivity index (χ1n) is 6.42. The summed E-state index contributed by atoms with van der Waals surface area (Å²) in [6, 6.07) is 3.68. The van der Waals surface area contributed by atoms with Crippen molar-refractivity contribution in [3.05, 3.63) is 34.1 Å². The molecule has 108 valence electrons. The fourth-order valence-corrected chi connectivity index (χ4v) is 2.33. The summed E-state index contributed by atoms with van der Waals surface area (Å²) in [7, 11) is 1.92. The van der Waals surface area contributed by atoms with Gasteiger partial charge in [0.1, 0.15) is 11.6 Å². The van der Waals surface area contributed by atoms with Crippen LogP contribution in [0, 0.1) is 0 Å². The van der Waals surface area contributed by atoms with E-state index in [1.54, 1.807) is 12.3 Å². The van der Waals surface area contributed by atoms with Crippen LogP contribution in [0.25, 0.3) is 0 Å². The first kappa shape index (κ1) is 14.9. The third-order valence-electron chi connectivity index (χ3n) is 2.87. The highest BCUT2D eigenvalue weighted by atomic mass is 35.5. The van der Waals surface area contributed by atoms with Gasteiger partial charge in [-0.1, -0.05) is 23.2 Å². The Morgan fingerprint density at radius 2 is 1.90 bits per heavy atom. The van der Waals surface area contributed by atoms with E-state index >= 15 is 0 Å². The predicted molar refractivity (Wildman–Crippen MR) is 83.8 cm³/mol. The fourth-order valence-electron chi connectivity index (χ4n) is 1.84. The Morgan fingerprint density at radius 1 is 1.20 bits per heavy atom. The van der Waals surface area contributed by atoms with Crippen molar-refractivity contribution in [2.24, 2.45) is 7.05 Å². The van der Waals surface area contributed by atoms with Crippen LogP contribution >= 0.6 is 23.2 Å². The number of hydrogen-bond acceptors (Lipinski definition) is 4. The Kier molecular flexibility index (Phi) is 5.09. The highest BCUT2D eigenvalue weighted by Crippen LogP contribution is 2.29. The summed E-state index contributed by atoms with van der Waals surface area (Å²) in [5.74, 6) is 1.27. The van der Waals surface area contributed by atoms with Gasteiger partial charge in [-0.3, -0.25) is 4.68 Å². The number of hydrogen-bond donors (Lipinski definition) is 2. The molecule has 7 heteroatoms. The lowest BCUT2D eigenvalue weighted by molar-refractivity contribution is 0.711. The largest absolute Gasteiger partial charge is 0.369 e. The molecular weight excluding hydrogens is 297 g/mol. The van der Waals surface area contributed by atoms with E-state index in [2.05, 4.69) is 20.7 Å². The number of halogens is 2. The van der Waals surface area contributed by atoms with E-state index < -0.39 is 0 Å². The van der Waals surface area contributed by atoms with Gasteiger partial charge in [0, 0.05) is 38.4 Å². The van der Waals surface area contributed by atoms with Crippen LogP contribution in [-0.4, -0.2) is 27.9 Å². The lowest BCUT2D eigenvalue weighted by Crippen LogP contribution is -2.11. The summed E-state index contributed by atoms with van der Waals surface area (Å²) in [4.78, 5) is 4.39. The molecule has 0 unspecified atom stereocenters. The second-order valence-electron chi connectivity index (χ2n) is 4.30. The minimum Gasteiger partial charge on any atom is -0.369 e. The molecule has 0 spiro atoms. The molecule has 0 saturated carbocycles. The van der Waals surface area contributed by atoms with Gasteiger partial charge in [-0.2, -0.15) is 5.10 Å². The third kappa shape index (κ3) is 3.55. The predicted octanol–water partition coefficient (Wildman–Crippen LogP) is 3.21. The summed E-state index contributed by atoms with van der Waals surface area (Å²) in [5, 5.41) is 11.5. The van der Waals surface area contributed by atoms with Gasteiger partial charge in [0.05, 0.1) is 10.0 Å². The Bertz CT molecular complexity index is 582. The van der Waals surface area contributed by atoms with Crippen molar-refractivity contribution in [1.29, 1.82) is 0 Å². The van der Waals surface area contributed by atoms with Gasteiger partial charge in [-0.15, -0.1) is 0 Å². The molecule has 0 amide bonds. The molecule has 0 aliphatic rings. The van der Waals surface area contributed by atoms with Gasteiger partial charge in [0.2, 0.25) is 0 Å². The molecule has 0 bridgehead atoms. The van der Waals surface area contributed by atoms with Gasteiger partial charge in [-0.25, -0.2) is 4.98 Å². The molecule has 0 aliphatic carbocycles. The van der Waals surface area contributed by atoms with E-state index in [0.29, 0.717) is 21.7 Å². The van der Waals surface area contributed by atoms with E-state index in [1.165, 1.54) is 0 Å². The van der Waals surface area contributed by atoms with Gasteiger partial charge in [0.15, 0.2) is 0 Å². The summed E-state index contributed by atoms with van der Waals surface area (Å²) < 4.78 is 1.85. The van der Waals surface area contributed by atoms with Crippen LogP contribution in [0.5, 0.6) is 0 Å². The molecule has 5 nitrogen and oxygen atoms in total. The first-order chi connectivity index (χ1) is 9.61. The molecule has 20 heavy (non-hydrogen) atoms. The van der Waals surface area contributed by atoms with Gasteiger partial charge in [-0.05, 0) is 19.1 Å². The number of rotatable bonds is 6. The van der Waals surface area contributed by atoms with Crippen molar-refractivity contribution in [1.82, 2.24) is 14.8 Å². The van der Waals surface area contributed by atoms with Crippen LogP contribution in [0.15, 0.2) is 18.3 Å². The number of aromatic nitrogens is 3. The monoisotopic (exact) mass is 313 g/mol. The molecule has 0 saturated heterocycles. The number of nitrogens with one attached hydrogen (secondary N) is 2. The highest BCUT2D eigenvalue weighted by molar-refractivity contribution is 6.37. The van der Waals surface area contributed by atoms with E-state index in [1.807, 2.05) is 24.7 Å². The molecule has 0 aliphatic heterocycles.